The van der Waals surface area contributed by atoms with Crippen LogP contribution in [-0.4, -0.2) is 56.9 Å². The molecule has 3 aromatic carbocycles. The average molecular weight is 701 g/mol. The first-order valence-electron chi connectivity index (χ1n) is 17.3. The molecule has 0 spiro atoms. The highest BCUT2D eigenvalue weighted by atomic mass is 16.5. The standard InChI is InChI=1S/C41H48O10/c1-4-38(42)48-27-12-8-6-10-25-46-35-21-16-33(17-22-35)41(45)51-36-19-14-32(15-20-36)24-29-50-40(44)34-18-23-37(31(3)30-34)47-26-11-7-9-13-28-49-39(43)5-2/h4-5,14-23,30H,1-2,6-13,24-29H2,3H3. The van der Waals surface area contributed by atoms with Crippen LogP contribution in [0.2, 0.25) is 0 Å². The van der Waals surface area contributed by atoms with Gasteiger partial charge in [-0.1, -0.05) is 25.3 Å². The van der Waals surface area contributed by atoms with Gasteiger partial charge in [0.2, 0.25) is 0 Å². The maximum Gasteiger partial charge on any atom is 0.343 e. The van der Waals surface area contributed by atoms with Crippen molar-refractivity contribution in [1.29, 1.82) is 0 Å². The van der Waals surface area contributed by atoms with Crippen LogP contribution in [-0.2, 0) is 30.2 Å². The van der Waals surface area contributed by atoms with Gasteiger partial charge in [-0.15, -0.1) is 0 Å². The Bertz CT molecular complexity index is 1560. The van der Waals surface area contributed by atoms with Gasteiger partial charge in [0.25, 0.3) is 0 Å². The van der Waals surface area contributed by atoms with E-state index in [1.165, 1.54) is 0 Å². The van der Waals surface area contributed by atoms with E-state index in [4.69, 9.17) is 28.4 Å². The SMILES string of the molecule is C=CC(=O)OCCCCCCOc1ccc(C(=O)Oc2ccc(CCOC(=O)c3ccc(OCCCCCCOC(=O)C=C)c(C)c3)cc2)cc1. The Morgan fingerprint density at radius 2 is 1.08 bits per heavy atom. The number of carbonyl (C=O) groups is 4. The van der Waals surface area contributed by atoms with Crippen LogP contribution < -0.4 is 14.2 Å². The van der Waals surface area contributed by atoms with Gasteiger partial charge in [0.05, 0.1) is 44.2 Å². The molecule has 0 saturated carbocycles. The number of esters is 4. The van der Waals surface area contributed by atoms with E-state index in [1.54, 1.807) is 54.6 Å². The molecule has 3 aromatic rings. The normalized spacial score (nSPS) is 10.5. The number of rotatable bonds is 24. The smallest absolute Gasteiger partial charge is 0.343 e. The number of hydrogen-bond acceptors (Lipinski definition) is 10. The zero-order valence-corrected chi connectivity index (χ0v) is 29.4. The molecular formula is C41H48O10. The second-order valence-corrected chi connectivity index (χ2v) is 11.7. The van der Waals surface area contributed by atoms with Crippen molar-refractivity contribution >= 4 is 23.9 Å². The summed E-state index contributed by atoms with van der Waals surface area (Å²) in [4.78, 5) is 47.3. The molecule has 10 heteroatoms. The summed E-state index contributed by atoms with van der Waals surface area (Å²) in [5.74, 6) is 0.103. The first-order valence-corrected chi connectivity index (χ1v) is 17.3. The Balaban J connectivity index is 1.30. The van der Waals surface area contributed by atoms with Gasteiger partial charge in [-0.2, -0.15) is 0 Å². The van der Waals surface area contributed by atoms with Crippen LogP contribution in [0.25, 0.3) is 0 Å². The maximum atomic E-state index is 12.6. The number of hydrogen-bond donors (Lipinski definition) is 0. The third-order valence-corrected chi connectivity index (χ3v) is 7.68. The second kappa shape index (κ2) is 23.1. The Kier molecular flexibility index (Phi) is 18.1. The minimum absolute atomic E-state index is 0.198. The van der Waals surface area contributed by atoms with Gasteiger partial charge in [-0.3, -0.25) is 0 Å². The second-order valence-electron chi connectivity index (χ2n) is 11.7. The first-order chi connectivity index (χ1) is 24.8. The number of carbonyl (C=O) groups excluding carboxylic acids is 4. The summed E-state index contributed by atoms with van der Waals surface area (Å²) in [6.45, 7) is 10.7. The van der Waals surface area contributed by atoms with Crippen molar-refractivity contribution in [3.05, 3.63) is 114 Å². The summed E-state index contributed by atoms with van der Waals surface area (Å²) in [5.41, 5.74) is 2.63. The predicted octanol–water partition coefficient (Wildman–Crippen LogP) is 7.95. The number of unbranched alkanes of at least 4 members (excludes halogenated alkanes) is 6. The fraction of sp³-hybridized carbons (Fsp3) is 0.366. The third-order valence-electron chi connectivity index (χ3n) is 7.68. The average Bonchev–Trinajstić information content (AvgIpc) is 3.14. The van der Waals surface area contributed by atoms with Gasteiger partial charge in [0, 0.05) is 18.6 Å². The number of aryl methyl sites for hydroxylation is 1. The summed E-state index contributed by atoms with van der Waals surface area (Å²) in [5, 5.41) is 0. The Morgan fingerprint density at radius 1 is 0.549 bits per heavy atom. The van der Waals surface area contributed by atoms with Crippen molar-refractivity contribution in [2.75, 3.05) is 33.0 Å². The lowest BCUT2D eigenvalue weighted by molar-refractivity contribution is -0.138. The highest BCUT2D eigenvalue weighted by Crippen LogP contribution is 2.21. The zero-order chi connectivity index (χ0) is 36.7. The van der Waals surface area contributed by atoms with Crippen LogP contribution in [0.15, 0.2) is 92.0 Å². The molecule has 0 saturated heterocycles. The molecular weight excluding hydrogens is 652 g/mol. The zero-order valence-electron chi connectivity index (χ0n) is 29.4. The van der Waals surface area contributed by atoms with E-state index in [2.05, 4.69) is 13.2 Å². The minimum Gasteiger partial charge on any atom is -0.494 e. The van der Waals surface area contributed by atoms with Gasteiger partial charge in [-0.25, -0.2) is 19.2 Å². The van der Waals surface area contributed by atoms with Gasteiger partial charge < -0.3 is 28.4 Å². The van der Waals surface area contributed by atoms with Gasteiger partial charge in [0.1, 0.15) is 17.2 Å². The quantitative estimate of drug-likeness (QED) is 0.0299. The number of benzene rings is 3. The molecule has 0 aromatic heterocycles. The fourth-order valence-electron chi connectivity index (χ4n) is 4.81. The first kappa shape index (κ1) is 40.1. The topological polar surface area (TPSA) is 124 Å². The maximum absolute atomic E-state index is 12.6. The van der Waals surface area contributed by atoms with Crippen LogP contribution in [0.3, 0.4) is 0 Å². The molecule has 0 aliphatic rings. The Hall–Kier alpha value is -5.38. The van der Waals surface area contributed by atoms with Crippen LogP contribution in [0.5, 0.6) is 17.2 Å². The summed E-state index contributed by atoms with van der Waals surface area (Å²) >= 11 is 0. The third kappa shape index (κ3) is 15.8. The van der Waals surface area contributed by atoms with Gasteiger partial charge >= 0.3 is 23.9 Å². The molecule has 0 N–H and O–H groups in total. The van der Waals surface area contributed by atoms with E-state index in [-0.39, 0.29) is 6.61 Å². The molecule has 0 bridgehead atoms. The lowest BCUT2D eigenvalue weighted by Gasteiger charge is -2.11. The lowest BCUT2D eigenvalue weighted by atomic mass is 10.1. The molecule has 10 nitrogen and oxygen atoms in total. The molecule has 0 heterocycles. The largest absolute Gasteiger partial charge is 0.494 e. The van der Waals surface area contributed by atoms with E-state index in [1.807, 2.05) is 19.1 Å². The highest BCUT2D eigenvalue weighted by Gasteiger charge is 2.12. The van der Waals surface area contributed by atoms with Crippen LogP contribution >= 0.6 is 0 Å². The van der Waals surface area contributed by atoms with Crippen molar-refractivity contribution in [2.24, 2.45) is 0 Å². The molecule has 0 unspecified atom stereocenters. The molecule has 51 heavy (non-hydrogen) atoms. The van der Waals surface area contributed by atoms with Gasteiger partial charge in [-0.05, 0) is 124 Å². The summed E-state index contributed by atoms with van der Waals surface area (Å²) < 4.78 is 32.5. The molecule has 3 rings (SSSR count). The lowest BCUT2D eigenvalue weighted by Crippen LogP contribution is -2.09. The fourth-order valence-corrected chi connectivity index (χ4v) is 4.81. The summed E-state index contributed by atoms with van der Waals surface area (Å²) in [6, 6.07) is 19.1. The van der Waals surface area contributed by atoms with Crippen molar-refractivity contribution in [3.63, 3.8) is 0 Å². The van der Waals surface area contributed by atoms with Gasteiger partial charge in [0.15, 0.2) is 0 Å². The highest BCUT2D eigenvalue weighted by molar-refractivity contribution is 5.91. The van der Waals surface area contributed by atoms with Crippen LogP contribution in [0.4, 0.5) is 0 Å². The van der Waals surface area contributed by atoms with E-state index in [9.17, 15) is 19.2 Å². The van der Waals surface area contributed by atoms with E-state index in [0.717, 1.165) is 80.4 Å². The predicted molar refractivity (Wildman–Crippen MR) is 193 cm³/mol. The van der Waals surface area contributed by atoms with E-state index < -0.39 is 23.9 Å². The Labute approximate surface area is 300 Å². The molecule has 0 aliphatic heterocycles. The van der Waals surface area contributed by atoms with Crippen LogP contribution in [0, 0.1) is 6.92 Å². The van der Waals surface area contributed by atoms with Crippen molar-refractivity contribution < 1.29 is 47.6 Å². The van der Waals surface area contributed by atoms with E-state index in [0.29, 0.717) is 55.5 Å². The molecule has 0 fully saturated rings. The minimum atomic E-state index is -0.479. The summed E-state index contributed by atoms with van der Waals surface area (Å²) in [7, 11) is 0. The number of ether oxygens (including phenoxy) is 6. The molecule has 272 valence electrons. The molecule has 0 amide bonds. The van der Waals surface area contributed by atoms with Crippen molar-refractivity contribution in [3.8, 4) is 17.2 Å². The van der Waals surface area contributed by atoms with Crippen LogP contribution in [0.1, 0.15) is 83.2 Å². The van der Waals surface area contributed by atoms with Crippen molar-refractivity contribution in [2.45, 2.75) is 64.7 Å². The molecule has 0 aliphatic carbocycles. The van der Waals surface area contributed by atoms with Crippen molar-refractivity contribution in [1.82, 2.24) is 0 Å². The van der Waals surface area contributed by atoms with E-state index >= 15 is 0 Å². The summed E-state index contributed by atoms with van der Waals surface area (Å²) in [6.07, 6.45) is 9.93. The molecule has 0 atom stereocenters. The Morgan fingerprint density at radius 3 is 1.65 bits per heavy atom. The molecule has 0 radical (unpaired) electrons. The monoisotopic (exact) mass is 700 g/mol.